The number of benzene rings is 1. The van der Waals surface area contributed by atoms with Crippen molar-refractivity contribution in [1.29, 1.82) is 0 Å². The zero-order chi connectivity index (χ0) is 14.9. The van der Waals surface area contributed by atoms with Gasteiger partial charge in [0.2, 0.25) is 0 Å². The summed E-state index contributed by atoms with van der Waals surface area (Å²) in [5.74, 6) is 0.632. The molecule has 0 aliphatic carbocycles. The average molecular weight is 400 g/mol. The highest BCUT2D eigenvalue weighted by Gasteiger charge is 2.22. The molecule has 1 N–H and O–H groups in total. The minimum atomic E-state index is -0.154. The molecule has 106 valence electrons. The third-order valence-electron chi connectivity index (χ3n) is 2.94. The van der Waals surface area contributed by atoms with E-state index in [1.165, 1.54) is 4.90 Å². The lowest BCUT2D eigenvalue weighted by atomic mass is 9.92. The second-order valence-corrected chi connectivity index (χ2v) is 7.51. The summed E-state index contributed by atoms with van der Waals surface area (Å²) in [5, 5.41) is 0. The van der Waals surface area contributed by atoms with Crippen LogP contribution in [0.2, 0.25) is 0 Å². The summed E-state index contributed by atoms with van der Waals surface area (Å²) in [6, 6.07) is 8.05. The zero-order valence-electron chi connectivity index (χ0n) is 12.0. The van der Waals surface area contributed by atoms with Crippen molar-refractivity contribution in [2.24, 2.45) is 0 Å². The van der Waals surface area contributed by atoms with Crippen molar-refractivity contribution in [3.05, 3.63) is 43.9 Å². The molecule has 3 nitrogen and oxygen atoms in total. The Morgan fingerprint density at radius 3 is 2.30 bits per heavy atom. The summed E-state index contributed by atoms with van der Waals surface area (Å²) in [7, 11) is 0. The number of hydrogen-bond acceptors (Lipinski definition) is 3. The lowest BCUT2D eigenvalue weighted by Crippen LogP contribution is -2.24. The minimum absolute atomic E-state index is 0.0746. The fourth-order valence-corrected chi connectivity index (χ4v) is 3.31. The topological polar surface area (TPSA) is 45.8 Å². The number of aromatic nitrogens is 2. The van der Waals surface area contributed by atoms with E-state index in [1.807, 2.05) is 30.5 Å². The molecule has 0 spiro atoms. The highest BCUT2D eigenvalue weighted by atomic mass is 127. The van der Waals surface area contributed by atoms with Crippen molar-refractivity contribution in [3.8, 4) is 11.4 Å². The van der Waals surface area contributed by atoms with Gasteiger partial charge in [-0.1, -0.05) is 32.9 Å². The molecular formula is C15H17IN2OS. The normalized spacial score (nSPS) is 11.7. The first-order valence-corrected chi connectivity index (χ1v) is 8.58. The second-order valence-electron chi connectivity index (χ2n) is 5.56. The molecule has 20 heavy (non-hydrogen) atoms. The quantitative estimate of drug-likeness (QED) is 0.611. The predicted octanol–water partition coefficient (Wildman–Crippen LogP) is 4.06. The van der Waals surface area contributed by atoms with Crippen LogP contribution in [0.15, 0.2) is 34.0 Å². The van der Waals surface area contributed by atoms with Gasteiger partial charge in [-0.25, -0.2) is 4.98 Å². The van der Waals surface area contributed by atoms with E-state index in [0.29, 0.717) is 9.39 Å². The van der Waals surface area contributed by atoms with Crippen LogP contribution in [0, 0.1) is 3.57 Å². The van der Waals surface area contributed by atoms with Gasteiger partial charge < -0.3 is 4.98 Å². The van der Waals surface area contributed by atoms with Crippen LogP contribution in [0.3, 0.4) is 0 Å². The number of thioether (sulfide) groups is 1. The molecule has 0 aliphatic rings. The Hall–Kier alpha value is -0.820. The number of halogens is 1. The third-order valence-corrected chi connectivity index (χ3v) is 4.68. The first-order chi connectivity index (χ1) is 9.32. The Balaban J connectivity index is 2.57. The summed E-state index contributed by atoms with van der Waals surface area (Å²) in [4.78, 5) is 20.8. The van der Waals surface area contributed by atoms with E-state index in [-0.39, 0.29) is 11.0 Å². The largest absolute Gasteiger partial charge is 0.306 e. The van der Waals surface area contributed by atoms with Gasteiger partial charge in [-0.2, -0.15) is 0 Å². The molecule has 2 rings (SSSR count). The van der Waals surface area contributed by atoms with E-state index in [2.05, 4.69) is 53.3 Å². The van der Waals surface area contributed by atoms with Crippen LogP contribution in [-0.2, 0) is 5.41 Å². The number of nitrogens with one attached hydrogen (secondary N) is 1. The fourth-order valence-electron chi connectivity index (χ4n) is 1.84. The van der Waals surface area contributed by atoms with Crippen LogP contribution < -0.4 is 5.56 Å². The average Bonchev–Trinajstić information content (AvgIpc) is 2.40. The number of H-pyrrole nitrogens is 1. The van der Waals surface area contributed by atoms with Gasteiger partial charge in [0, 0.05) is 15.9 Å². The summed E-state index contributed by atoms with van der Waals surface area (Å²) >= 11 is 3.76. The van der Waals surface area contributed by atoms with Gasteiger partial charge in [-0.05, 0) is 41.0 Å². The van der Waals surface area contributed by atoms with Gasteiger partial charge in [-0.3, -0.25) is 4.79 Å². The van der Waals surface area contributed by atoms with Gasteiger partial charge in [0.1, 0.15) is 9.39 Å². The van der Waals surface area contributed by atoms with Crippen LogP contribution in [0.5, 0.6) is 0 Å². The number of hydrogen-bond donors (Lipinski definition) is 1. The van der Waals surface area contributed by atoms with E-state index >= 15 is 0 Å². The molecule has 1 heterocycles. The Bertz CT molecular complexity index is 672. The molecule has 0 saturated carbocycles. The standard InChI is InChI=1S/C15H17IN2OS/c1-15(2,3)12-11(16)14(19)18-13(17-12)9-5-7-10(20-4)8-6-9/h5-8H,1-4H3,(H,17,18,19). The number of nitrogens with zero attached hydrogens (tertiary/aromatic N) is 1. The van der Waals surface area contributed by atoms with E-state index < -0.39 is 0 Å². The Morgan fingerprint density at radius 2 is 1.80 bits per heavy atom. The maximum Gasteiger partial charge on any atom is 0.264 e. The van der Waals surface area contributed by atoms with Gasteiger partial charge >= 0.3 is 0 Å². The number of aromatic amines is 1. The predicted molar refractivity (Wildman–Crippen MR) is 93.5 cm³/mol. The van der Waals surface area contributed by atoms with Crippen molar-refractivity contribution in [2.45, 2.75) is 31.1 Å². The van der Waals surface area contributed by atoms with E-state index in [0.717, 1.165) is 11.3 Å². The second kappa shape index (κ2) is 5.89. The molecule has 5 heteroatoms. The lowest BCUT2D eigenvalue weighted by molar-refractivity contribution is 0.562. The zero-order valence-corrected chi connectivity index (χ0v) is 14.9. The molecule has 1 aromatic carbocycles. The number of rotatable bonds is 2. The summed E-state index contributed by atoms with van der Waals surface area (Å²) in [5.41, 5.74) is 1.54. The van der Waals surface area contributed by atoms with E-state index in [1.54, 1.807) is 11.8 Å². The van der Waals surface area contributed by atoms with Crippen LogP contribution in [0.1, 0.15) is 26.5 Å². The Morgan fingerprint density at radius 1 is 1.20 bits per heavy atom. The van der Waals surface area contributed by atoms with Gasteiger partial charge in [0.25, 0.3) is 5.56 Å². The fraction of sp³-hybridized carbons (Fsp3) is 0.333. The molecule has 0 bridgehead atoms. The van der Waals surface area contributed by atoms with Gasteiger partial charge in [-0.15, -0.1) is 11.8 Å². The maximum atomic E-state index is 12.1. The van der Waals surface area contributed by atoms with Crippen LogP contribution in [0.4, 0.5) is 0 Å². The summed E-state index contributed by atoms with van der Waals surface area (Å²) < 4.78 is 0.666. The van der Waals surface area contributed by atoms with E-state index in [4.69, 9.17) is 0 Å². The SMILES string of the molecule is CSc1ccc(-c2nc(C(C)(C)C)c(I)c(=O)[nH]2)cc1. The van der Waals surface area contributed by atoms with Crippen molar-refractivity contribution >= 4 is 34.4 Å². The molecule has 0 radical (unpaired) electrons. The van der Waals surface area contributed by atoms with Crippen LogP contribution in [-0.4, -0.2) is 16.2 Å². The molecule has 2 aromatic rings. The molecular weight excluding hydrogens is 383 g/mol. The van der Waals surface area contributed by atoms with Crippen LogP contribution in [0.25, 0.3) is 11.4 Å². The molecule has 0 unspecified atom stereocenters. The molecule has 0 amide bonds. The minimum Gasteiger partial charge on any atom is -0.306 e. The first-order valence-electron chi connectivity index (χ1n) is 6.27. The van der Waals surface area contributed by atoms with Crippen molar-refractivity contribution in [1.82, 2.24) is 9.97 Å². The smallest absolute Gasteiger partial charge is 0.264 e. The van der Waals surface area contributed by atoms with Gasteiger partial charge in [0.15, 0.2) is 0 Å². The maximum absolute atomic E-state index is 12.1. The highest BCUT2D eigenvalue weighted by molar-refractivity contribution is 14.1. The van der Waals surface area contributed by atoms with Gasteiger partial charge in [0.05, 0.1) is 5.69 Å². The first kappa shape index (κ1) is 15.6. The Kier molecular flexibility index (Phi) is 4.59. The third kappa shape index (κ3) is 3.25. The molecule has 0 atom stereocenters. The summed E-state index contributed by atoms with van der Waals surface area (Å²) in [6.07, 6.45) is 2.04. The van der Waals surface area contributed by atoms with Crippen molar-refractivity contribution in [3.63, 3.8) is 0 Å². The molecule has 0 aliphatic heterocycles. The molecule has 0 fully saturated rings. The van der Waals surface area contributed by atoms with Crippen LogP contribution >= 0.6 is 34.4 Å². The lowest BCUT2D eigenvalue weighted by Gasteiger charge is -2.19. The molecule has 1 aromatic heterocycles. The van der Waals surface area contributed by atoms with E-state index in [9.17, 15) is 4.79 Å². The Labute approximate surface area is 136 Å². The van der Waals surface area contributed by atoms with Crippen molar-refractivity contribution < 1.29 is 0 Å². The monoisotopic (exact) mass is 400 g/mol. The summed E-state index contributed by atoms with van der Waals surface area (Å²) in [6.45, 7) is 6.20. The van der Waals surface area contributed by atoms with Crippen molar-refractivity contribution in [2.75, 3.05) is 6.26 Å². The molecule has 0 saturated heterocycles. The highest BCUT2D eigenvalue weighted by Crippen LogP contribution is 2.26.